The van der Waals surface area contributed by atoms with Crippen LogP contribution in [0.3, 0.4) is 0 Å². The zero-order chi connectivity index (χ0) is 20.4. The van der Waals surface area contributed by atoms with E-state index >= 15 is 0 Å². The van der Waals surface area contributed by atoms with Crippen molar-refractivity contribution in [1.82, 2.24) is 0 Å². The van der Waals surface area contributed by atoms with Crippen LogP contribution in [-0.2, 0) is 4.74 Å². The van der Waals surface area contributed by atoms with E-state index in [1.165, 1.54) is 18.2 Å². The van der Waals surface area contributed by atoms with E-state index in [0.29, 0.717) is 16.1 Å². The van der Waals surface area contributed by atoms with Gasteiger partial charge < -0.3 is 35.0 Å². The zero-order valence-corrected chi connectivity index (χ0v) is 15.2. The first-order valence-electron chi connectivity index (χ1n) is 8.42. The molecule has 3 rings (SSSR count). The molecular formula is C19H19ClO8. The number of rotatable bonds is 5. The number of aliphatic hydroxyl groups is 4. The van der Waals surface area contributed by atoms with Gasteiger partial charge >= 0.3 is 5.97 Å². The van der Waals surface area contributed by atoms with Crippen LogP contribution in [0.5, 0.6) is 5.75 Å². The molecule has 1 aliphatic heterocycles. The van der Waals surface area contributed by atoms with Crippen LogP contribution in [0.25, 0.3) is 11.1 Å². The molecule has 150 valence electrons. The van der Waals surface area contributed by atoms with Gasteiger partial charge in [-0.1, -0.05) is 23.7 Å². The summed E-state index contributed by atoms with van der Waals surface area (Å²) in [7, 11) is 0. The molecule has 1 saturated heterocycles. The van der Waals surface area contributed by atoms with E-state index < -0.39 is 43.3 Å². The third-order valence-corrected chi connectivity index (χ3v) is 4.80. The Morgan fingerprint density at radius 2 is 1.71 bits per heavy atom. The average molecular weight is 411 g/mol. The Labute approximate surface area is 165 Å². The molecule has 1 heterocycles. The van der Waals surface area contributed by atoms with E-state index in [9.17, 15) is 25.2 Å². The SMILES string of the molecule is O=C(O)c1ccc(-c2ccc(O[C@H]3OC(CO)[C@@H](O)C(O)[C@H]3O)cc2Cl)cc1. The lowest BCUT2D eigenvalue weighted by Gasteiger charge is -2.39. The monoisotopic (exact) mass is 410 g/mol. The van der Waals surface area contributed by atoms with Crippen LogP contribution in [0.1, 0.15) is 10.4 Å². The molecule has 1 aliphatic rings. The zero-order valence-electron chi connectivity index (χ0n) is 14.5. The maximum Gasteiger partial charge on any atom is 0.335 e. The second-order valence-electron chi connectivity index (χ2n) is 6.34. The third kappa shape index (κ3) is 4.12. The van der Waals surface area contributed by atoms with Gasteiger partial charge in [0.05, 0.1) is 17.2 Å². The molecule has 0 aromatic heterocycles. The molecule has 0 bridgehead atoms. The summed E-state index contributed by atoms with van der Waals surface area (Å²) in [6.45, 7) is -0.559. The number of carboxylic acids is 1. The number of ether oxygens (including phenoxy) is 2. The van der Waals surface area contributed by atoms with E-state index in [1.54, 1.807) is 24.3 Å². The number of carboxylic acid groups (broad SMARTS) is 1. The molecule has 5 atom stereocenters. The number of halogens is 1. The molecule has 0 aliphatic carbocycles. The molecule has 0 amide bonds. The summed E-state index contributed by atoms with van der Waals surface area (Å²) < 4.78 is 10.8. The second-order valence-corrected chi connectivity index (χ2v) is 6.75. The number of hydrogen-bond donors (Lipinski definition) is 5. The molecular weight excluding hydrogens is 392 g/mol. The maximum absolute atomic E-state index is 10.9. The van der Waals surface area contributed by atoms with Crippen LogP contribution in [0.15, 0.2) is 42.5 Å². The van der Waals surface area contributed by atoms with E-state index in [4.69, 9.17) is 26.2 Å². The summed E-state index contributed by atoms with van der Waals surface area (Å²) in [5.74, 6) is -0.791. The highest BCUT2D eigenvalue weighted by Crippen LogP contribution is 2.33. The molecule has 2 aromatic carbocycles. The number of aliphatic hydroxyl groups excluding tert-OH is 4. The van der Waals surface area contributed by atoms with Crippen molar-refractivity contribution in [3.63, 3.8) is 0 Å². The minimum Gasteiger partial charge on any atom is -0.478 e. The van der Waals surface area contributed by atoms with Crippen LogP contribution in [0, 0.1) is 0 Å². The fraction of sp³-hybridized carbons (Fsp3) is 0.316. The summed E-state index contributed by atoms with van der Waals surface area (Å²) in [6, 6.07) is 10.9. The predicted octanol–water partition coefficient (Wildman–Crippen LogP) is 0.884. The first-order chi connectivity index (χ1) is 13.3. The Morgan fingerprint density at radius 1 is 1.04 bits per heavy atom. The van der Waals surface area contributed by atoms with Crippen LogP contribution < -0.4 is 4.74 Å². The van der Waals surface area contributed by atoms with Gasteiger partial charge in [0.15, 0.2) is 0 Å². The summed E-state index contributed by atoms with van der Waals surface area (Å²) in [5.41, 5.74) is 1.50. The predicted molar refractivity (Wildman–Crippen MR) is 98.2 cm³/mol. The molecule has 2 unspecified atom stereocenters. The second kappa shape index (κ2) is 8.44. The van der Waals surface area contributed by atoms with Gasteiger partial charge in [-0.15, -0.1) is 0 Å². The van der Waals surface area contributed by atoms with Gasteiger partial charge in [-0.25, -0.2) is 4.79 Å². The fourth-order valence-corrected chi connectivity index (χ4v) is 3.17. The highest BCUT2D eigenvalue weighted by Gasteiger charge is 2.44. The Kier molecular flexibility index (Phi) is 6.19. The van der Waals surface area contributed by atoms with E-state index in [0.717, 1.165) is 0 Å². The van der Waals surface area contributed by atoms with Crippen LogP contribution in [-0.4, -0.2) is 68.8 Å². The standard InChI is InChI=1S/C19H19ClO8/c20-13-7-11(27-19-17(24)16(23)15(22)14(8-21)28-19)5-6-12(13)9-1-3-10(4-2-9)18(25)26/h1-7,14-17,19,21-24H,8H2,(H,25,26)/t14?,15-,16?,17-,19+/m1/s1. The lowest BCUT2D eigenvalue weighted by Crippen LogP contribution is -2.60. The summed E-state index contributed by atoms with van der Waals surface area (Å²) >= 11 is 6.30. The third-order valence-electron chi connectivity index (χ3n) is 4.48. The van der Waals surface area contributed by atoms with Gasteiger partial charge in [-0.3, -0.25) is 0 Å². The first-order valence-corrected chi connectivity index (χ1v) is 8.80. The van der Waals surface area contributed by atoms with Crippen LogP contribution in [0.4, 0.5) is 0 Å². The van der Waals surface area contributed by atoms with Gasteiger partial charge in [0.2, 0.25) is 6.29 Å². The molecule has 0 saturated carbocycles. The highest BCUT2D eigenvalue weighted by atomic mass is 35.5. The van der Waals surface area contributed by atoms with Gasteiger partial charge in [0, 0.05) is 5.56 Å². The van der Waals surface area contributed by atoms with Crippen molar-refractivity contribution in [3.05, 3.63) is 53.1 Å². The Morgan fingerprint density at radius 3 is 2.29 bits per heavy atom. The molecule has 5 N–H and O–H groups in total. The van der Waals surface area contributed by atoms with Crippen molar-refractivity contribution >= 4 is 17.6 Å². The minimum absolute atomic E-state index is 0.155. The molecule has 2 aromatic rings. The number of carbonyl (C=O) groups is 1. The number of benzene rings is 2. The van der Waals surface area contributed by atoms with Gasteiger partial charge in [-0.05, 0) is 35.9 Å². The molecule has 8 nitrogen and oxygen atoms in total. The minimum atomic E-state index is -1.54. The van der Waals surface area contributed by atoms with Gasteiger partial charge in [0.1, 0.15) is 30.2 Å². The van der Waals surface area contributed by atoms with Crippen molar-refractivity contribution in [2.75, 3.05) is 6.61 Å². The van der Waals surface area contributed by atoms with Crippen molar-refractivity contribution in [2.45, 2.75) is 30.7 Å². The number of aromatic carboxylic acids is 1. The molecule has 0 radical (unpaired) electrons. The summed E-state index contributed by atoms with van der Waals surface area (Å²) in [4.78, 5) is 10.9. The fourth-order valence-electron chi connectivity index (χ4n) is 2.89. The Hall–Kier alpha value is -2.20. The molecule has 9 heteroatoms. The largest absolute Gasteiger partial charge is 0.478 e. The maximum atomic E-state index is 10.9. The average Bonchev–Trinajstić information content (AvgIpc) is 2.68. The quantitative estimate of drug-likeness (QED) is 0.490. The van der Waals surface area contributed by atoms with E-state index in [1.807, 2.05) is 0 Å². The number of hydrogen-bond acceptors (Lipinski definition) is 7. The van der Waals surface area contributed by atoms with Crippen LogP contribution >= 0.6 is 11.6 Å². The lowest BCUT2D eigenvalue weighted by atomic mass is 9.99. The molecule has 28 heavy (non-hydrogen) atoms. The summed E-state index contributed by atoms with van der Waals surface area (Å²) in [5, 5.41) is 48.1. The molecule has 1 fully saturated rings. The highest BCUT2D eigenvalue weighted by molar-refractivity contribution is 6.33. The van der Waals surface area contributed by atoms with Crippen molar-refractivity contribution in [2.24, 2.45) is 0 Å². The van der Waals surface area contributed by atoms with Crippen molar-refractivity contribution in [3.8, 4) is 16.9 Å². The Balaban J connectivity index is 1.78. The lowest BCUT2D eigenvalue weighted by molar-refractivity contribution is -0.277. The molecule has 0 spiro atoms. The summed E-state index contributed by atoms with van der Waals surface area (Å²) in [6.07, 6.45) is -6.93. The Bertz CT molecular complexity index is 838. The smallest absolute Gasteiger partial charge is 0.335 e. The normalized spacial score (nSPS) is 27.4. The van der Waals surface area contributed by atoms with Crippen molar-refractivity contribution < 1.29 is 39.8 Å². The topological polar surface area (TPSA) is 137 Å². The van der Waals surface area contributed by atoms with Gasteiger partial charge in [0.25, 0.3) is 0 Å². The van der Waals surface area contributed by atoms with Gasteiger partial charge in [-0.2, -0.15) is 0 Å². The van der Waals surface area contributed by atoms with E-state index in [2.05, 4.69) is 0 Å². The first kappa shape index (κ1) is 20.5. The van der Waals surface area contributed by atoms with E-state index in [-0.39, 0.29) is 11.3 Å². The van der Waals surface area contributed by atoms with Crippen LogP contribution in [0.2, 0.25) is 5.02 Å². The van der Waals surface area contributed by atoms with Crippen molar-refractivity contribution in [1.29, 1.82) is 0 Å².